The Morgan fingerprint density at radius 2 is 1.82 bits per heavy atom. The molecular weight excluding hydrogens is 449 g/mol. The molecule has 4 aromatic rings. The average molecular weight is 466 g/mol. The minimum atomic E-state index is -4.56. The molecule has 1 fully saturated rings. The van der Waals surface area contributed by atoms with Gasteiger partial charge in [-0.25, -0.2) is 4.98 Å². The standard InChI is InChI=1S/C23H17F3N6O2/c24-23(25,26)15-5-6-28-19(9-15)30-22(34)20-17-8-13(3-4-18(17)31-32-20)14-7-16(11-27-10-14)29-21(33)12-1-2-12/h3-12H,1-2H2,(H,29,33)(H,31,32)(H,28,30,34). The van der Waals surface area contributed by atoms with Crippen molar-refractivity contribution >= 4 is 34.2 Å². The van der Waals surface area contributed by atoms with Crippen molar-refractivity contribution in [2.45, 2.75) is 19.0 Å². The number of fused-ring (bicyclic) bond motifs is 1. The van der Waals surface area contributed by atoms with E-state index in [0.717, 1.165) is 36.7 Å². The summed E-state index contributed by atoms with van der Waals surface area (Å²) in [6.07, 6.45) is 1.37. The van der Waals surface area contributed by atoms with Gasteiger partial charge in [-0.15, -0.1) is 0 Å². The van der Waals surface area contributed by atoms with E-state index in [2.05, 4.69) is 30.8 Å². The van der Waals surface area contributed by atoms with Crippen LogP contribution in [-0.2, 0) is 11.0 Å². The highest BCUT2D eigenvalue weighted by molar-refractivity contribution is 6.11. The zero-order chi connectivity index (χ0) is 23.9. The lowest BCUT2D eigenvalue weighted by Gasteiger charge is -2.09. The van der Waals surface area contributed by atoms with E-state index >= 15 is 0 Å². The molecular formula is C23H17F3N6O2. The molecule has 8 nitrogen and oxygen atoms in total. The van der Waals surface area contributed by atoms with E-state index < -0.39 is 17.6 Å². The van der Waals surface area contributed by atoms with Crippen LogP contribution in [0.1, 0.15) is 28.9 Å². The third-order valence-corrected chi connectivity index (χ3v) is 5.39. The van der Waals surface area contributed by atoms with Crippen molar-refractivity contribution in [2.24, 2.45) is 5.92 Å². The van der Waals surface area contributed by atoms with Crippen LogP contribution in [0.2, 0.25) is 0 Å². The summed E-state index contributed by atoms with van der Waals surface area (Å²) in [6, 6.07) is 8.61. The Bertz CT molecular complexity index is 1410. The third kappa shape index (κ3) is 4.45. The molecule has 1 aliphatic carbocycles. The quantitative estimate of drug-likeness (QED) is 0.397. The second-order valence-corrected chi connectivity index (χ2v) is 7.94. The third-order valence-electron chi connectivity index (χ3n) is 5.39. The molecule has 1 aromatic carbocycles. The van der Waals surface area contributed by atoms with E-state index in [-0.39, 0.29) is 23.3 Å². The monoisotopic (exact) mass is 466 g/mol. The van der Waals surface area contributed by atoms with Gasteiger partial charge in [0.25, 0.3) is 5.91 Å². The summed E-state index contributed by atoms with van der Waals surface area (Å²) in [5.74, 6) is -0.932. The van der Waals surface area contributed by atoms with Gasteiger partial charge in [0.1, 0.15) is 5.82 Å². The summed E-state index contributed by atoms with van der Waals surface area (Å²) in [4.78, 5) is 32.8. The highest BCUT2D eigenvalue weighted by Crippen LogP contribution is 2.32. The number of aromatic amines is 1. The van der Waals surface area contributed by atoms with E-state index in [1.807, 2.05) is 0 Å². The Labute approximate surface area is 190 Å². The number of aromatic nitrogens is 4. The molecule has 2 amide bonds. The Hall–Kier alpha value is -4.28. The molecule has 34 heavy (non-hydrogen) atoms. The van der Waals surface area contributed by atoms with E-state index in [4.69, 9.17) is 0 Å². The number of anilines is 2. The van der Waals surface area contributed by atoms with Crippen LogP contribution in [0, 0.1) is 5.92 Å². The molecule has 0 atom stereocenters. The van der Waals surface area contributed by atoms with E-state index in [0.29, 0.717) is 22.2 Å². The maximum atomic E-state index is 12.9. The minimum absolute atomic E-state index is 0.00205. The first-order valence-corrected chi connectivity index (χ1v) is 10.4. The summed E-state index contributed by atoms with van der Waals surface area (Å²) in [6.45, 7) is 0. The first-order chi connectivity index (χ1) is 16.3. The van der Waals surface area contributed by atoms with E-state index in [1.165, 1.54) is 0 Å². The first kappa shape index (κ1) is 21.6. The summed E-state index contributed by atoms with van der Waals surface area (Å²) >= 11 is 0. The number of nitrogens with zero attached hydrogens (tertiary/aromatic N) is 3. The number of nitrogens with one attached hydrogen (secondary N) is 3. The highest BCUT2D eigenvalue weighted by Gasteiger charge is 2.31. The number of halogens is 3. The number of rotatable bonds is 5. The number of hydrogen-bond acceptors (Lipinski definition) is 5. The smallest absolute Gasteiger partial charge is 0.324 e. The number of pyridine rings is 2. The van der Waals surface area contributed by atoms with Crippen molar-refractivity contribution in [3.63, 3.8) is 0 Å². The molecule has 5 rings (SSSR count). The molecule has 1 saturated carbocycles. The van der Waals surface area contributed by atoms with Gasteiger partial charge in [-0.2, -0.15) is 18.3 Å². The number of carbonyl (C=O) groups is 2. The first-order valence-electron chi connectivity index (χ1n) is 10.4. The fraction of sp³-hybridized carbons (Fsp3) is 0.174. The van der Waals surface area contributed by atoms with Gasteiger partial charge in [0, 0.05) is 29.3 Å². The molecule has 0 aliphatic heterocycles. The number of amides is 2. The largest absolute Gasteiger partial charge is 0.416 e. The van der Waals surface area contributed by atoms with Gasteiger partial charge in [-0.1, -0.05) is 6.07 Å². The Kier molecular flexibility index (Phi) is 5.23. The van der Waals surface area contributed by atoms with Gasteiger partial charge >= 0.3 is 6.18 Å². The molecule has 1 aliphatic rings. The second kappa shape index (κ2) is 8.25. The molecule has 3 aromatic heterocycles. The predicted octanol–water partition coefficient (Wildman–Crippen LogP) is 4.64. The van der Waals surface area contributed by atoms with Gasteiger partial charge in [0.2, 0.25) is 5.91 Å². The van der Waals surface area contributed by atoms with Crippen molar-refractivity contribution in [1.29, 1.82) is 0 Å². The zero-order valence-electron chi connectivity index (χ0n) is 17.5. The summed E-state index contributed by atoms with van der Waals surface area (Å²) in [7, 11) is 0. The topological polar surface area (TPSA) is 113 Å². The van der Waals surface area contributed by atoms with Gasteiger partial charge < -0.3 is 10.6 Å². The lowest BCUT2D eigenvalue weighted by molar-refractivity contribution is -0.137. The molecule has 0 unspecified atom stereocenters. The van der Waals surface area contributed by atoms with Crippen LogP contribution < -0.4 is 10.6 Å². The number of alkyl halides is 3. The van der Waals surface area contributed by atoms with Crippen LogP contribution >= 0.6 is 0 Å². The number of hydrogen-bond donors (Lipinski definition) is 3. The highest BCUT2D eigenvalue weighted by atomic mass is 19.4. The Balaban J connectivity index is 1.41. The van der Waals surface area contributed by atoms with Crippen molar-refractivity contribution in [3.05, 3.63) is 66.2 Å². The number of H-pyrrole nitrogens is 1. The van der Waals surface area contributed by atoms with Crippen molar-refractivity contribution < 1.29 is 22.8 Å². The predicted molar refractivity (Wildman–Crippen MR) is 118 cm³/mol. The molecule has 172 valence electrons. The average Bonchev–Trinajstić information content (AvgIpc) is 3.58. The van der Waals surface area contributed by atoms with E-state index in [1.54, 1.807) is 36.7 Å². The van der Waals surface area contributed by atoms with Crippen LogP contribution in [0.3, 0.4) is 0 Å². The summed E-state index contributed by atoms with van der Waals surface area (Å²) < 4.78 is 38.8. The van der Waals surface area contributed by atoms with Crippen LogP contribution in [0.15, 0.2) is 55.0 Å². The van der Waals surface area contributed by atoms with Crippen LogP contribution in [-0.4, -0.2) is 32.0 Å². The molecule has 0 bridgehead atoms. The molecule has 3 N–H and O–H groups in total. The molecule has 0 spiro atoms. The fourth-order valence-electron chi connectivity index (χ4n) is 3.47. The summed E-state index contributed by atoms with van der Waals surface area (Å²) in [5.41, 5.74) is 1.64. The Morgan fingerprint density at radius 3 is 2.59 bits per heavy atom. The maximum absolute atomic E-state index is 12.9. The molecule has 0 radical (unpaired) electrons. The fourth-order valence-corrected chi connectivity index (χ4v) is 3.47. The van der Waals surface area contributed by atoms with Crippen LogP contribution in [0.5, 0.6) is 0 Å². The lowest BCUT2D eigenvalue weighted by atomic mass is 10.0. The lowest BCUT2D eigenvalue weighted by Crippen LogP contribution is -2.15. The van der Waals surface area contributed by atoms with Crippen LogP contribution in [0.25, 0.3) is 22.0 Å². The minimum Gasteiger partial charge on any atom is -0.324 e. The van der Waals surface area contributed by atoms with Gasteiger partial charge in [-0.05, 0) is 48.7 Å². The Morgan fingerprint density at radius 1 is 1.00 bits per heavy atom. The SMILES string of the molecule is O=C(Nc1cc(C(F)(F)F)ccn1)c1n[nH]c2ccc(-c3cncc(NC(=O)C4CC4)c3)cc12. The maximum Gasteiger partial charge on any atom is 0.416 e. The van der Waals surface area contributed by atoms with E-state index in [9.17, 15) is 22.8 Å². The zero-order valence-corrected chi connectivity index (χ0v) is 17.5. The second-order valence-electron chi connectivity index (χ2n) is 7.94. The summed E-state index contributed by atoms with van der Waals surface area (Å²) in [5, 5.41) is 12.4. The van der Waals surface area contributed by atoms with Gasteiger partial charge in [0.05, 0.1) is 23.0 Å². The van der Waals surface area contributed by atoms with Gasteiger partial charge in [0.15, 0.2) is 5.69 Å². The van der Waals surface area contributed by atoms with Crippen LogP contribution in [0.4, 0.5) is 24.7 Å². The molecule has 11 heteroatoms. The molecule has 3 heterocycles. The number of carbonyl (C=O) groups excluding carboxylic acids is 2. The normalized spacial score (nSPS) is 13.6. The van der Waals surface area contributed by atoms with Crippen molar-refractivity contribution in [2.75, 3.05) is 10.6 Å². The molecule has 0 saturated heterocycles. The van der Waals surface area contributed by atoms with Crippen molar-refractivity contribution in [1.82, 2.24) is 20.2 Å². The van der Waals surface area contributed by atoms with Crippen molar-refractivity contribution in [3.8, 4) is 11.1 Å². The number of benzene rings is 1. The van der Waals surface area contributed by atoms with Gasteiger partial charge in [-0.3, -0.25) is 19.7 Å².